The first kappa shape index (κ1) is 16.3. The van der Waals surface area contributed by atoms with Crippen molar-refractivity contribution >= 4 is 17.6 Å². The molecule has 0 spiro atoms. The van der Waals surface area contributed by atoms with Gasteiger partial charge in [0.25, 0.3) is 0 Å². The van der Waals surface area contributed by atoms with Crippen LogP contribution in [0.1, 0.15) is 31.9 Å². The predicted molar refractivity (Wildman–Crippen MR) is 84.7 cm³/mol. The van der Waals surface area contributed by atoms with E-state index in [1.165, 1.54) is 5.56 Å². The Morgan fingerprint density at radius 3 is 2.19 bits per heavy atom. The van der Waals surface area contributed by atoms with Crippen molar-refractivity contribution in [2.75, 3.05) is 26.2 Å². The van der Waals surface area contributed by atoms with Crippen molar-refractivity contribution < 1.29 is 9.90 Å². The molecule has 116 valence electrons. The van der Waals surface area contributed by atoms with Crippen molar-refractivity contribution in [1.29, 1.82) is 0 Å². The van der Waals surface area contributed by atoms with Gasteiger partial charge in [-0.3, -0.25) is 14.6 Å². The maximum atomic E-state index is 11.1. The Morgan fingerprint density at radius 1 is 1.19 bits per heavy atom. The molecular formula is C16H23ClN2O2. The molecule has 0 amide bonds. The quantitative estimate of drug-likeness (QED) is 0.908. The van der Waals surface area contributed by atoms with Crippen molar-refractivity contribution in [3.8, 4) is 0 Å². The lowest BCUT2D eigenvalue weighted by molar-refractivity contribution is -0.143. The molecule has 0 saturated carbocycles. The monoisotopic (exact) mass is 310 g/mol. The second kappa shape index (κ2) is 7.25. The summed E-state index contributed by atoms with van der Waals surface area (Å²) in [4.78, 5) is 15.5. The summed E-state index contributed by atoms with van der Waals surface area (Å²) in [7, 11) is 0. The number of aliphatic carboxylic acids is 1. The average molecular weight is 311 g/mol. The fourth-order valence-corrected chi connectivity index (χ4v) is 3.11. The maximum Gasteiger partial charge on any atom is 0.320 e. The van der Waals surface area contributed by atoms with Gasteiger partial charge in [0.15, 0.2) is 0 Å². The highest BCUT2D eigenvalue weighted by Crippen LogP contribution is 2.26. The molecule has 1 N–H and O–H groups in total. The summed E-state index contributed by atoms with van der Waals surface area (Å²) in [5.74, 6) is -0.742. The summed E-state index contributed by atoms with van der Waals surface area (Å²) < 4.78 is 0. The van der Waals surface area contributed by atoms with Gasteiger partial charge in [0.2, 0.25) is 0 Å². The molecule has 2 unspecified atom stereocenters. The molecule has 0 aliphatic carbocycles. The lowest BCUT2D eigenvalue weighted by Gasteiger charge is -2.40. The van der Waals surface area contributed by atoms with Crippen LogP contribution in [0.4, 0.5) is 0 Å². The smallest absolute Gasteiger partial charge is 0.320 e. The largest absolute Gasteiger partial charge is 0.480 e. The summed E-state index contributed by atoms with van der Waals surface area (Å²) in [6, 6.07) is 8.02. The van der Waals surface area contributed by atoms with Crippen molar-refractivity contribution in [2.45, 2.75) is 32.4 Å². The summed E-state index contributed by atoms with van der Waals surface area (Å²) in [6.45, 7) is 7.35. The molecule has 5 heteroatoms. The van der Waals surface area contributed by atoms with Crippen LogP contribution in [0.3, 0.4) is 0 Å². The Bertz CT molecular complexity index is 470. The van der Waals surface area contributed by atoms with Gasteiger partial charge in [-0.05, 0) is 31.0 Å². The number of carboxylic acid groups (broad SMARTS) is 1. The fraction of sp³-hybridized carbons (Fsp3) is 0.562. The Balaban J connectivity index is 1.99. The number of hydrogen-bond donors (Lipinski definition) is 1. The molecule has 21 heavy (non-hydrogen) atoms. The zero-order chi connectivity index (χ0) is 15.4. The Labute approximate surface area is 131 Å². The second-order valence-corrected chi connectivity index (χ2v) is 6.00. The number of piperazine rings is 1. The van der Waals surface area contributed by atoms with Gasteiger partial charge >= 0.3 is 5.97 Å². The molecule has 0 radical (unpaired) electrons. The summed E-state index contributed by atoms with van der Waals surface area (Å²) in [5.41, 5.74) is 1.28. The van der Waals surface area contributed by atoms with Crippen molar-refractivity contribution in [1.82, 2.24) is 9.80 Å². The molecule has 0 aromatic heterocycles. The first-order chi connectivity index (χ1) is 10.0. The van der Waals surface area contributed by atoms with E-state index in [4.69, 9.17) is 16.7 Å². The number of carboxylic acids is 1. The highest BCUT2D eigenvalue weighted by atomic mass is 35.5. The van der Waals surface area contributed by atoms with E-state index >= 15 is 0 Å². The molecular weight excluding hydrogens is 288 g/mol. The molecule has 1 saturated heterocycles. The fourth-order valence-electron chi connectivity index (χ4n) is 2.98. The third-order valence-electron chi connectivity index (χ3n) is 4.34. The van der Waals surface area contributed by atoms with Gasteiger partial charge < -0.3 is 5.11 Å². The molecule has 1 heterocycles. The van der Waals surface area contributed by atoms with Crippen molar-refractivity contribution in [3.05, 3.63) is 34.9 Å². The second-order valence-electron chi connectivity index (χ2n) is 5.56. The van der Waals surface area contributed by atoms with Crippen LogP contribution in [0, 0.1) is 0 Å². The van der Waals surface area contributed by atoms with E-state index in [9.17, 15) is 4.79 Å². The van der Waals surface area contributed by atoms with Crippen LogP contribution < -0.4 is 0 Å². The number of rotatable bonds is 5. The van der Waals surface area contributed by atoms with Gasteiger partial charge in [0.1, 0.15) is 6.04 Å². The third kappa shape index (κ3) is 3.96. The number of halogens is 1. The maximum absolute atomic E-state index is 11.1. The van der Waals surface area contributed by atoms with E-state index in [0.29, 0.717) is 6.04 Å². The first-order valence-electron chi connectivity index (χ1n) is 7.49. The topological polar surface area (TPSA) is 43.8 Å². The number of nitrogens with zero attached hydrogens (tertiary/aromatic N) is 2. The minimum Gasteiger partial charge on any atom is -0.480 e. The van der Waals surface area contributed by atoms with Crippen LogP contribution in [0.2, 0.25) is 5.02 Å². The van der Waals surface area contributed by atoms with Gasteiger partial charge in [0.05, 0.1) is 0 Å². The van der Waals surface area contributed by atoms with Crippen LogP contribution in [-0.4, -0.2) is 53.1 Å². The zero-order valence-electron chi connectivity index (χ0n) is 12.6. The predicted octanol–water partition coefficient (Wildman–Crippen LogP) is 2.88. The SMILES string of the molecule is CCC(c1ccc(Cl)cc1)N1CCN(C(C)C(=O)O)CC1. The Morgan fingerprint density at radius 2 is 1.71 bits per heavy atom. The molecule has 1 aliphatic heterocycles. The molecule has 4 nitrogen and oxygen atoms in total. The van der Waals surface area contributed by atoms with Crippen LogP contribution in [-0.2, 0) is 4.79 Å². The molecule has 1 aromatic carbocycles. The molecule has 1 aromatic rings. The lowest BCUT2D eigenvalue weighted by Crippen LogP contribution is -2.52. The molecule has 1 aliphatic rings. The van der Waals surface area contributed by atoms with Crippen LogP contribution >= 0.6 is 11.6 Å². The van der Waals surface area contributed by atoms with Gasteiger partial charge in [-0.2, -0.15) is 0 Å². The Hall–Kier alpha value is -1.10. The van der Waals surface area contributed by atoms with E-state index in [2.05, 4.69) is 24.0 Å². The minimum absolute atomic E-state index is 0.379. The molecule has 0 bridgehead atoms. The van der Waals surface area contributed by atoms with Crippen LogP contribution in [0.15, 0.2) is 24.3 Å². The highest BCUT2D eigenvalue weighted by Gasteiger charge is 2.28. The minimum atomic E-state index is -0.742. The van der Waals surface area contributed by atoms with Crippen molar-refractivity contribution in [2.24, 2.45) is 0 Å². The van der Waals surface area contributed by atoms with Gasteiger partial charge in [-0.15, -0.1) is 0 Å². The van der Waals surface area contributed by atoms with Crippen LogP contribution in [0.25, 0.3) is 0 Å². The highest BCUT2D eigenvalue weighted by molar-refractivity contribution is 6.30. The summed E-state index contributed by atoms with van der Waals surface area (Å²) in [5, 5.41) is 9.85. The number of hydrogen-bond acceptors (Lipinski definition) is 3. The zero-order valence-corrected chi connectivity index (χ0v) is 13.4. The van der Waals surface area contributed by atoms with E-state index in [1.807, 2.05) is 17.0 Å². The standard InChI is InChI=1S/C16H23ClN2O2/c1-3-15(13-4-6-14(17)7-5-13)19-10-8-18(9-11-19)12(2)16(20)21/h4-7,12,15H,3,8-11H2,1-2H3,(H,20,21). The van der Waals surface area contributed by atoms with Crippen molar-refractivity contribution in [3.63, 3.8) is 0 Å². The summed E-state index contributed by atoms with van der Waals surface area (Å²) in [6.07, 6.45) is 1.04. The summed E-state index contributed by atoms with van der Waals surface area (Å²) >= 11 is 5.95. The number of benzene rings is 1. The molecule has 2 atom stereocenters. The van der Waals surface area contributed by atoms with E-state index in [0.717, 1.165) is 37.6 Å². The van der Waals surface area contributed by atoms with Gasteiger partial charge in [0, 0.05) is 37.2 Å². The lowest BCUT2D eigenvalue weighted by atomic mass is 10.0. The molecule has 1 fully saturated rings. The normalized spacial score (nSPS) is 20.1. The van der Waals surface area contributed by atoms with Crippen LogP contribution in [0.5, 0.6) is 0 Å². The van der Waals surface area contributed by atoms with Gasteiger partial charge in [-0.25, -0.2) is 0 Å². The van der Waals surface area contributed by atoms with Gasteiger partial charge in [-0.1, -0.05) is 30.7 Å². The Kier molecular flexibility index (Phi) is 5.62. The molecule has 2 rings (SSSR count). The van der Waals surface area contributed by atoms with E-state index in [-0.39, 0.29) is 0 Å². The number of carbonyl (C=O) groups is 1. The average Bonchev–Trinajstić information content (AvgIpc) is 2.50. The first-order valence-corrected chi connectivity index (χ1v) is 7.87. The third-order valence-corrected chi connectivity index (χ3v) is 4.59. The van der Waals surface area contributed by atoms with E-state index in [1.54, 1.807) is 6.92 Å². The van der Waals surface area contributed by atoms with E-state index < -0.39 is 12.0 Å².